The molecule has 2 aromatic heterocycles. The number of imidazole rings is 1. The maximum atomic E-state index is 12.2. The molecule has 3 aromatic rings. The van der Waals surface area contributed by atoms with Crippen LogP contribution < -0.4 is 10.2 Å². The van der Waals surface area contributed by atoms with E-state index in [1.807, 2.05) is 53.1 Å². The second-order valence-corrected chi connectivity index (χ2v) is 7.01. The highest BCUT2D eigenvalue weighted by Crippen LogP contribution is 2.23. The molecular formula is C19H18N4O2S. The summed E-state index contributed by atoms with van der Waals surface area (Å²) in [6.07, 6.45) is 5.23. The minimum Gasteiger partial charge on any atom is -0.325 e. The molecule has 0 bridgehead atoms. The quantitative estimate of drug-likeness (QED) is 0.704. The summed E-state index contributed by atoms with van der Waals surface area (Å²) in [7, 11) is 0. The number of thioether (sulfide) groups is 1. The van der Waals surface area contributed by atoms with Gasteiger partial charge in [-0.1, -0.05) is 17.8 Å². The summed E-state index contributed by atoms with van der Waals surface area (Å²) < 4.78 is 1.96. The second kappa shape index (κ2) is 7.21. The van der Waals surface area contributed by atoms with E-state index in [9.17, 15) is 9.59 Å². The average molecular weight is 366 g/mol. The van der Waals surface area contributed by atoms with Gasteiger partial charge in [-0.25, -0.2) is 4.98 Å². The summed E-state index contributed by atoms with van der Waals surface area (Å²) in [5, 5.41) is 3.67. The molecule has 0 radical (unpaired) electrons. The molecule has 1 aromatic carbocycles. The molecule has 7 heteroatoms. The lowest BCUT2D eigenvalue weighted by Gasteiger charge is -2.16. The van der Waals surface area contributed by atoms with Crippen molar-refractivity contribution < 1.29 is 9.59 Å². The van der Waals surface area contributed by atoms with Crippen molar-refractivity contribution in [3.8, 4) is 0 Å². The standard InChI is InChI=1S/C19H18N4O2S/c24-17(13-26-19-20-12-16-4-1-2-10-23(16)19)21-14-6-8-15(9-7-14)22-11-3-5-18(22)25/h1-2,4,6-10,12H,3,5,11,13H2,(H,21,24). The molecule has 0 spiro atoms. The lowest BCUT2D eigenvalue weighted by Crippen LogP contribution is -2.23. The molecule has 1 fully saturated rings. The Labute approximate surface area is 155 Å². The van der Waals surface area contributed by atoms with E-state index in [4.69, 9.17) is 0 Å². The van der Waals surface area contributed by atoms with Gasteiger partial charge in [-0.3, -0.25) is 14.0 Å². The predicted molar refractivity (Wildman–Crippen MR) is 103 cm³/mol. The van der Waals surface area contributed by atoms with Crippen LogP contribution >= 0.6 is 11.8 Å². The van der Waals surface area contributed by atoms with E-state index in [1.165, 1.54) is 11.8 Å². The molecule has 3 heterocycles. The molecule has 0 unspecified atom stereocenters. The Hall–Kier alpha value is -2.80. The Morgan fingerprint density at radius 1 is 1.19 bits per heavy atom. The Bertz CT molecular complexity index is 952. The highest BCUT2D eigenvalue weighted by Gasteiger charge is 2.21. The third-order valence-corrected chi connectivity index (χ3v) is 5.24. The first-order valence-electron chi connectivity index (χ1n) is 8.46. The normalized spacial score (nSPS) is 14.2. The van der Waals surface area contributed by atoms with Crippen molar-refractivity contribution in [1.29, 1.82) is 0 Å². The summed E-state index contributed by atoms with van der Waals surface area (Å²) in [4.78, 5) is 30.1. The molecule has 6 nitrogen and oxygen atoms in total. The molecule has 1 saturated heterocycles. The van der Waals surface area contributed by atoms with Crippen LogP contribution in [0.25, 0.3) is 5.52 Å². The van der Waals surface area contributed by atoms with Crippen LogP contribution in [0.1, 0.15) is 12.8 Å². The highest BCUT2D eigenvalue weighted by molar-refractivity contribution is 7.99. The topological polar surface area (TPSA) is 66.7 Å². The summed E-state index contributed by atoms with van der Waals surface area (Å²) in [6, 6.07) is 13.3. The zero-order chi connectivity index (χ0) is 17.9. The van der Waals surface area contributed by atoms with Crippen molar-refractivity contribution >= 4 is 40.5 Å². The lowest BCUT2D eigenvalue weighted by molar-refractivity contribution is -0.117. The number of benzene rings is 1. The summed E-state index contributed by atoms with van der Waals surface area (Å²) in [5.41, 5.74) is 2.60. The van der Waals surface area contributed by atoms with E-state index in [0.717, 1.165) is 35.0 Å². The van der Waals surface area contributed by atoms with Gasteiger partial charge in [0.05, 0.1) is 17.5 Å². The summed E-state index contributed by atoms with van der Waals surface area (Å²) in [6.45, 7) is 0.763. The van der Waals surface area contributed by atoms with Gasteiger partial charge in [0.15, 0.2) is 5.16 Å². The molecule has 1 N–H and O–H groups in total. The lowest BCUT2D eigenvalue weighted by atomic mass is 10.2. The number of anilines is 2. The first-order chi connectivity index (χ1) is 12.7. The van der Waals surface area contributed by atoms with Gasteiger partial charge in [0.2, 0.25) is 11.8 Å². The zero-order valence-corrected chi connectivity index (χ0v) is 14.9. The minimum atomic E-state index is -0.0901. The van der Waals surface area contributed by atoms with Crippen LogP contribution in [0.15, 0.2) is 60.0 Å². The fourth-order valence-corrected chi connectivity index (χ4v) is 3.76. The SMILES string of the molecule is O=C(CSc1ncc2ccccn12)Nc1ccc(N2CCCC2=O)cc1. The van der Waals surface area contributed by atoms with Crippen LogP contribution in [0.4, 0.5) is 11.4 Å². The van der Waals surface area contributed by atoms with Crippen LogP contribution in [0, 0.1) is 0 Å². The van der Waals surface area contributed by atoms with Gasteiger partial charge in [-0.05, 0) is 42.8 Å². The van der Waals surface area contributed by atoms with Crippen LogP contribution in [0.3, 0.4) is 0 Å². The number of hydrogen-bond acceptors (Lipinski definition) is 4. The third kappa shape index (κ3) is 3.43. The van der Waals surface area contributed by atoms with E-state index in [1.54, 1.807) is 11.1 Å². The Balaban J connectivity index is 1.35. The van der Waals surface area contributed by atoms with E-state index < -0.39 is 0 Å². The molecule has 4 rings (SSSR count). The minimum absolute atomic E-state index is 0.0901. The number of aromatic nitrogens is 2. The molecule has 1 aliphatic rings. The van der Waals surface area contributed by atoms with E-state index in [-0.39, 0.29) is 17.6 Å². The van der Waals surface area contributed by atoms with E-state index in [0.29, 0.717) is 6.42 Å². The Morgan fingerprint density at radius 3 is 2.81 bits per heavy atom. The molecule has 132 valence electrons. The van der Waals surface area contributed by atoms with Gasteiger partial charge in [0.1, 0.15) is 0 Å². The zero-order valence-electron chi connectivity index (χ0n) is 14.1. The van der Waals surface area contributed by atoms with Crippen LogP contribution in [0.5, 0.6) is 0 Å². The number of rotatable bonds is 5. The number of hydrogen-bond donors (Lipinski definition) is 1. The maximum absolute atomic E-state index is 12.2. The van der Waals surface area contributed by atoms with E-state index in [2.05, 4.69) is 10.3 Å². The number of amides is 2. The van der Waals surface area contributed by atoms with Gasteiger partial charge in [-0.15, -0.1) is 0 Å². The molecule has 1 aliphatic heterocycles. The number of nitrogens with zero attached hydrogens (tertiary/aromatic N) is 3. The van der Waals surface area contributed by atoms with Gasteiger partial charge in [-0.2, -0.15) is 0 Å². The fraction of sp³-hybridized carbons (Fsp3) is 0.211. The number of pyridine rings is 1. The Kier molecular flexibility index (Phi) is 4.62. The van der Waals surface area contributed by atoms with Crippen molar-refractivity contribution in [3.63, 3.8) is 0 Å². The first kappa shape index (κ1) is 16.7. The van der Waals surface area contributed by atoms with Crippen molar-refractivity contribution in [1.82, 2.24) is 9.38 Å². The molecular weight excluding hydrogens is 348 g/mol. The fourth-order valence-electron chi connectivity index (χ4n) is 3.00. The molecule has 26 heavy (non-hydrogen) atoms. The van der Waals surface area contributed by atoms with Crippen molar-refractivity contribution in [2.24, 2.45) is 0 Å². The average Bonchev–Trinajstić information content (AvgIpc) is 3.27. The largest absolute Gasteiger partial charge is 0.325 e. The predicted octanol–water partition coefficient (Wildman–Crippen LogP) is 3.19. The van der Waals surface area contributed by atoms with Crippen LogP contribution in [-0.2, 0) is 9.59 Å². The van der Waals surface area contributed by atoms with Gasteiger partial charge < -0.3 is 10.2 Å². The smallest absolute Gasteiger partial charge is 0.234 e. The Morgan fingerprint density at radius 2 is 2.04 bits per heavy atom. The molecule has 0 aliphatic carbocycles. The molecule has 0 atom stereocenters. The monoisotopic (exact) mass is 366 g/mol. The first-order valence-corrected chi connectivity index (χ1v) is 9.44. The number of carbonyl (C=O) groups excluding carboxylic acids is 2. The summed E-state index contributed by atoms with van der Waals surface area (Å²) in [5.74, 6) is 0.346. The second-order valence-electron chi connectivity index (χ2n) is 6.07. The number of nitrogens with one attached hydrogen (secondary N) is 1. The van der Waals surface area contributed by atoms with Crippen molar-refractivity contribution in [2.75, 3.05) is 22.5 Å². The van der Waals surface area contributed by atoms with Gasteiger partial charge in [0.25, 0.3) is 0 Å². The highest BCUT2D eigenvalue weighted by atomic mass is 32.2. The number of carbonyl (C=O) groups is 2. The van der Waals surface area contributed by atoms with Crippen molar-refractivity contribution in [3.05, 3.63) is 54.9 Å². The van der Waals surface area contributed by atoms with E-state index >= 15 is 0 Å². The van der Waals surface area contributed by atoms with Gasteiger partial charge in [0, 0.05) is 30.5 Å². The van der Waals surface area contributed by atoms with Crippen molar-refractivity contribution in [2.45, 2.75) is 18.0 Å². The number of fused-ring (bicyclic) bond motifs is 1. The maximum Gasteiger partial charge on any atom is 0.234 e. The van der Waals surface area contributed by atoms with Gasteiger partial charge >= 0.3 is 0 Å². The molecule has 2 amide bonds. The van der Waals surface area contributed by atoms with Crippen LogP contribution in [0.2, 0.25) is 0 Å². The summed E-state index contributed by atoms with van der Waals surface area (Å²) >= 11 is 1.39. The molecule has 0 saturated carbocycles. The third-order valence-electron chi connectivity index (χ3n) is 4.27. The van der Waals surface area contributed by atoms with Crippen LogP contribution in [-0.4, -0.2) is 33.5 Å².